The number of nitrogens with zero attached hydrogens (tertiary/aromatic N) is 5. The number of aromatic nitrogens is 2. The number of carbonyl (C=O) groups excluding carboxylic acids is 1. The summed E-state index contributed by atoms with van der Waals surface area (Å²) in [6, 6.07) is 7.85. The highest BCUT2D eigenvalue weighted by atomic mass is 16.5. The maximum absolute atomic E-state index is 13.4. The van der Waals surface area contributed by atoms with Crippen LogP contribution in [0.3, 0.4) is 0 Å². The normalized spacial score (nSPS) is 19.7. The van der Waals surface area contributed by atoms with E-state index in [1.165, 1.54) is 0 Å². The lowest BCUT2D eigenvalue weighted by Gasteiger charge is -2.31. The first kappa shape index (κ1) is 22.3. The first-order chi connectivity index (χ1) is 15.3. The first-order valence-corrected chi connectivity index (χ1v) is 11.4. The Balaban J connectivity index is 1.53. The zero-order valence-electron chi connectivity index (χ0n) is 19.8. The monoisotopic (exact) mass is 438 g/mol. The molecule has 1 amide bonds. The third-order valence-corrected chi connectivity index (χ3v) is 6.13. The van der Waals surface area contributed by atoms with E-state index in [1.54, 1.807) is 11.1 Å². The SMILES string of the molecule is CCNc1ncc2c(n1)N(C)CCN(c1cccc(OC3CCN(C(C)(C)C)C3)c1)C2=O. The predicted octanol–water partition coefficient (Wildman–Crippen LogP) is 3.26. The fraction of sp³-hybridized carbons (Fsp3) is 0.542. The van der Waals surface area contributed by atoms with Crippen LogP contribution in [0.5, 0.6) is 5.75 Å². The van der Waals surface area contributed by atoms with Crippen molar-refractivity contribution in [3.63, 3.8) is 0 Å². The van der Waals surface area contributed by atoms with Gasteiger partial charge < -0.3 is 19.9 Å². The van der Waals surface area contributed by atoms with Gasteiger partial charge in [0.1, 0.15) is 23.2 Å². The second-order valence-electron chi connectivity index (χ2n) is 9.48. The van der Waals surface area contributed by atoms with Crippen molar-refractivity contribution >= 4 is 23.4 Å². The van der Waals surface area contributed by atoms with Gasteiger partial charge in [-0.05, 0) is 46.2 Å². The van der Waals surface area contributed by atoms with Gasteiger partial charge in [0, 0.05) is 63.3 Å². The Morgan fingerprint density at radius 1 is 1.22 bits per heavy atom. The highest BCUT2D eigenvalue weighted by molar-refractivity contribution is 6.09. The quantitative estimate of drug-likeness (QED) is 0.768. The molecule has 1 fully saturated rings. The Kier molecular flexibility index (Phi) is 6.24. The van der Waals surface area contributed by atoms with Gasteiger partial charge in [0.2, 0.25) is 5.95 Å². The van der Waals surface area contributed by atoms with E-state index in [1.807, 2.05) is 43.1 Å². The van der Waals surface area contributed by atoms with Gasteiger partial charge in [0.25, 0.3) is 5.91 Å². The number of likely N-dealkylation sites (N-methyl/N-ethyl adjacent to an activating group) is 1. The standard InChI is InChI=1S/C24H34N6O2/c1-6-25-23-26-15-20-21(27-23)28(5)12-13-30(22(20)31)17-8-7-9-18(14-17)32-19-10-11-29(16-19)24(2,3)4/h7-9,14-15,19H,6,10-13,16H2,1-5H3,(H,25,26,27). The lowest BCUT2D eigenvalue weighted by atomic mass is 10.1. The zero-order chi connectivity index (χ0) is 22.9. The lowest BCUT2D eigenvalue weighted by Crippen LogP contribution is -2.40. The Hall–Kier alpha value is -2.87. The van der Waals surface area contributed by atoms with E-state index in [2.05, 4.69) is 41.0 Å². The maximum Gasteiger partial charge on any atom is 0.263 e. The van der Waals surface area contributed by atoms with Crippen LogP contribution in [0.25, 0.3) is 0 Å². The first-order valence-electron chi connectivity index (χ1n) is 11.4. The van der Waals surface area contributed by atoms with E-state index in [0.717, 1.165) is 37.5 Å². The van der Waals surface area contributed by atoms with E-state index in [-0.39, 0.29) is 17.6 Å². The molecule has 8 heteroatoms. The fourth-order valence-corrected chi connectivity index (χ4v) is 4.26. The van der Waals surface area contributed by atoms with E-state index >= 15 is 0 Å². The van der Waals surface area contributed by atoms with Crippen LogP contribution in [0, 0.1) is 0 Å². The molecule has 2 aliphatic heterocycles. The summed E-state index contributed by atoms with van der Waals surface area (Å²) in [4.78, 5) is 28.6. The van der Waals surface area contributed by atoms with Crippen LogP contribution in [0.4, 0.5) is 17.5 Å². The van der Waals surface area contributed by atoms with E-state index in [9.17, 15) is 4.79 Å². The molecular formula is C24H34N6O2. The average Bonchev–Trinajstić information content (AvgIpc) is 3.19. The summed E-state index contributed by atoms with van der Waals surface area (Å²) in [5.41, 5.74) is 1.48. The zero-order valence-corrected chi connectivity index (χ0v) is 19.8. The number of fused-ring (bicyclic) bond motifs is 1. The summed E-state index contributed by atoms with van der Waals surface area (Å²) >= 11 is 0. The molecule has 1 aromatic heterocycles. The number of benzene rings is 1. The van der Waals surface area contributed by atoms with Gasteiger partial charge in [-0.3, -0.25) is 9.69 Å². The number of ether oxygens (including phenoxy) is 1. The van der Waals surface area contributed by atoms with Gasteiger partial charge in [-0.2, -0.15) is 4.98 Å². The third-order valence-electron chi connectivity index (χ3n) is 6.13. The molecule has 0 aliphatic carbocycles. The number of anilines is 3. The van der Waals surface area contributed by atoms with E-state index in [4.69, 9.17) is 4.74 Å². The van der Waals surface area contributed by atoms with Crippen molar-refractivity contribution < 1.29 is 9.53 Å². The van der Waals surface area contributed by atoms with E-state index in [0.29, 0.717) is 30.4 Å². The summed E-state index contributed by atoms with van der Waals surface area (Å²) < 4.78 is 6.31. The second kappa shape index (κ2) is 8.94. The highest BCUT2D eigenvalue weighted by Crippen LogP contribution is 2.30. The van der Waals surface area contributed by atoms with Crippen LogP contribution in [-0.2, 0) is 0 Å². The van der Waals surface area contributed by atoms with Crippen LogP contribution < -0.4 is 19.9 Å². The Bertz CT molecular complexity index is 973. The molecule has 1 aromatic carbocycles. The number of rotatable bonds is 5. The van der Waals surface area contributed by atoms with Gasteiger partial charge in [-0.1, -0.05) is 6.07 Å². The average molecular weight is 439 g/mol. The van der Waals surface area contributed by atoms with Crippen LogP contribution >= 0.6 is 0 Å². The van der Waals surface area contributed by atoms with Crippen LogP contribution in [-0.4, -0.2) is 72.2 Å². The van der Waals surface area contributed by atoms with Crippen molar-refractivity contribution in [1.29, 1.82) is 0 Å². The third kappa shape index (κ3) is 4.65. The summed E-state index contributed by atoms with van der Waals surface area (Å²) in [7, 11) is 1.96. The van der Waals surface area contributed by atoms with Crippen molar-refractivity contribution in [2.45, 2.75) is 45.8 Å². The largest absolute Gasteiger partial charge is 0.489 e. The number of likely N-dealkylation sites (tertiary alicyclic amines) is 1. The van der Waals surface area contributed by atoms with Gasteiger partial charge in [-0.25, -0.2) is 4.98 Å². The molecule has 1 N–H and O–H groups in total. The molecule has 3 heterocycles. The lowest BCUT2D eigenvalue weighted by molar-refractivity contribution is 0.0989. The molecule has 0 saturated carbocycles. The number of amides is 1. The van der Waals surface area contributed by atoms with Gasteiger partial charge in [0.15, 0.2) is 0 Å². The molecule has 32 heavy (non-hydrogen) atoms. The van der Waals surface area contributed by atoms with Crippen LogP contribution in [0.15, 0.2) is 30.5 Å². The van der Waals surface area contributed by atoms with Crippen molar-refractivity contribution in [3.05, 3.63) is 36.0 Å². The molecule has 8 nitrogen and oxygen atoms in total. The molecule has 0 spiro atoms. The topological polar surface area (TPSA) is 73.8 Å². The Labute approximate surface area is 190 Å². The second-order valence-corrected chi connectivity index (χ2v) is 9.48. The molecule has 1 unspecified atom stereocenters. The molecule has 4 rings (SSSR count). The van der Waals surface area contributed by atoms with Crippen molar-refractivity contribution in [1.82, 2.24) is 14.9 Å². The maximum atomic E-state index is 13.4. The van der Waals surface area contributed by atoms with Crippen LogP contribution in [0.2, 0.25) is 0 Å². The van der Waals surface area contributed by atoms with Crippen molar-refractivity contribution in [2.75, 3.05) is 54.9 Å². The Morgan fingerprint density at radius 3 is 2.75 bits per heavy atom. The fourth-order valence-electron chi connectivity index (χ4n) is 4.26. The molecule has 1 saturated heterocycles. The molecule has 2 aliphatic rings. The summed E-state index contributed by atoms with van der Waals surface area (Å²) in [5.74, 6) is 1.90. The smallest absolute Gasteiger partial charge is 0.263 e. The number of hydrogen-bond acceptors (Lipinski definition) is 7. The summed E-state index contributed by atoms with van der Waals surface area (Å²) in [6.07, 6.45) is 2.79. The molecule has 2 aromatic rings. The van der Waals surface area contributed by atoms with Gasteiger partial charge in [-0.15, -0.1) is 0 Å². The summed E-state index contributed by atoms with van der Waals surface area (Å²) in [6.45, 7) is 12.6. The van der Waals surface area contributed by atoms with Gasteiger partial charge >= 0.3 is 0 Å². The minimum atomic E-state index is -0.0932. The van der Waals surface area contributed by atoms with Crippen LogP contribution in [0.1, 0.15) is 44.5 Å². The van der Waals surface area contributed by atoms with E-state index < -0.39 is 0 Å². The minimum Gasteiger partial charge on any atom is -0.489 e. The number of nitrogens with one attached hydrogen (secondary N) is 1. The molecular weight excluding hydrogens is 404 g/mol. The molecule has 0 bridgehead atoms. The van der Waals surface area contributed by atoms with Crippen molar-refractivity contribution in [3.8, 4) is 5.75 Å². The molecule has 172 valence electrons. The predicted molar refractivity (Wildman–Crippen MR) is 128 cm³/mol. The Morgan fingerprint density at radius 2 is 2.03 bits per heavy atom. The highest BCUT2D eigenvalue weighted by Gasteiger charge is 2.32. The number of hydrogen-bond donors (Lipinski definition) is 1. The summed E-state index contributed by atoms with van der Waals surface area (Å²) in [5, 5.41) is 3.12. The minimum absolute atomic E-state index is 0.0932. The van der Waals surface area contributed by atoms with Gasteiger partial charge in [0.05, 0.1) is 0 Å². The number of carbonyl (C=O) groups is 1. The molecule has 0 radical (unpaired) electrons. The molecule has 1 atom stereocenters. The van der Waals surface area contributed by atoms with Crippen molar-refractivity contribution in [2.24, 2.45) is 0 Å².